The van der Waals surface area contributed by atoms with E-state index < -0.39 is 0 Å². The number of likely N-dealkylation sites (N-methyl/N-ethyl adjacent to an activating group) is 1. The number of rotatable bonds is 10. The number of amides is 1. The highest BCUT2D eigenvalue weighted by molar-refractivity contribution is 6.30. The van der Waals surface area contributed by atoms with Crippen molar-refractivity contribution in [2.75, 3.05) is 59.6 Å². The van der Waals surface area contributed by atoms with Gasteiger partial charge >= 0.3 is 0 Å². The van der Waals surface area contributed by atoms with Crippen LogP contribution in [-0.4, -0.2) is 80.8 Å². The van der Waals surface area contributed by atoms with Crippen LogP contribution in [0.25, 0.3) is 0 Å². The lowest BCUT2D eigenvalue weighted by Gasteiger charge is -2.40. The van der Waals surface area contributed by atoms with Crippen LogP contribution >= 0.6 is 11.6 Å². The number of hydrogen-bond donors (Lipinski definition) is 1. The quantitative estimate of drug-likeness (QED) is 0.614. The molecule has 27 heavy (non-hydrogen) atoms. The van der Waals surface area contributed by atoms with Crippen molar-refractivity contribution in [2.24, 2.45) is 0 Å². The molecule has 1 aromatic carbocycles. The van der Waals surface area contributed by atoms with E-state index in [1.165, 1.54) is 0 Å². The smallest absolute Gasteiger partial charge is 0.234 e. The third-order valence-electron chi connectivity index (χ3n) is 4.77. The van der Waals surface area contributed by atoms with Crippen LogP contribution in [0.5, 0.6) is 5.75 Å². The zero-order valence-electron chi connectivity index (χ0n) is 16.7. The fraction of sp³-hybridized carbons (Fsp3) is 0.650. The van der Waals surface area contributed by atoms with Gasteiger partial charge in [0.05, 0.1) is 26.4 Å². The van der Waals surface area contributed by atoms with Gasteiger partial charge in [-0.05, 0) is 51.6 Å². The van der Waals surface area contributed by atoms with Gasteiger partial charge in [0.1, 0.15) is 5.75 Å². The minimum Gasteiger partial charge on any atom is -0.494 e. The first kappa shape index (κ1) is 22.0. The first-order chi connectivity index (χ1) is 12.9. The van der Waals surface area contributed by atoms with E-state index in [1.54, 1.807) is 0 Å². The van der Waals surface area contributed by atoms with E-state index in [2.05, 4.69) is 24.1 Å². The second kappa shape index (κ2) is 10.9. The first-order valence-electron chi connectivity index (χ1n) is 9.53. The molecular weight excluding hydrogens is 366 g/mol. The van der Waals surface area contributed by atoms with Gasteiger partial charge in [0.2, 0.25) is 5.91 Å². The predicted molar refractivity (Wildman–Crippen MR) is 109 cm³/mol. The molecule has 1 aliphatic heterocycles. The molecule has 152 valence electrons. The normalized spacial score (nSPS) is 15.7. The molecule has 0 aliphatic carbocycles. The summed E-state index contributed by atoms with van der Waals surface area (Å²) in [7, 11) is 1.95. The Bertz CT molecular complexity index is 574. The Hall–Kier alpha value is -1.34. The second-order valence-electron chi connectivity index (χ2n) is 7.58. The van der Waals surface area contributed by atoms with Gasteiger partial charge in [0.15, 0.2) is 0 Å². The van der Waals surface area contributed by atoms with Crippen LogP contribution in [0.3, 0.4) is 0 Å². The summed E-state index contributed by atoms with van der Waals surface area (Å²) in [6, 6.07) is 7.34. The Kier molecular flexibility index (Phi) is 8.83. The van der Waals surface area contributed by atoms with Crippen LogP contribution in [0.1, 0.15) is 20.3 Å². The Morgan fingerprint density at radius 3 is 2.63 bits per heavy atom. The van der Waals surface area contributed by atoms with Crippen LogP contribution in [0.2, 0.25) is 5.02 Å². The molecule has 1 fully saturated rings. The minimum atomic E-state index is -0.0650. The summed E-state index contributed by atoms with van der Waals surface area (Å²) in [5, 5.41) is 3.76. The maximum atomic E-state index is 12.2. The maximum absolute atomic E-state index is 12.2. The second-order valence-corrected chi connectivity index (χ2v) is 8.02. The van der Waals surface area contributed by atoms with E-state index in [9.17, 15) is 4.79 Å². The minimum absolute atomic E-state index is 0.0532. The molecule has 0 bridgehead atoms. The number of carbonyl (C=O) groups is 1. The third-order valence-corrected chi connectivity index (χ3v) is 5.02. The summed E-state index contributed by atoms with van der Waals surface area (Å²) in [5.41, 5.74) is -0.0650. The van der Waals surface area contributed by atoms with Gasteiger partial charge in [0.25, 0.3) is 0 Å². The van der Waals surface area contributed by atoms with Crippen molar-refractivity contribution in [3.05, 3.63) is 29.3 Å². The molecule has 0 unspecified atom stereocenters. The number of ether oxygens (including phenoxy) is 2. The summed E-state index contributed by atoms with van der Waals surface area (Å²) in [5.74, 6) is 0.864. The van der Waals surface area contributed by atoms with Gasteiger partial charge in [-0.15, -0.1) is 0 Å². The molecule has 1 N–H and O–H groups in total. The number of carbonyl (C=O) groups excluding carboxylic acids is 1. The average molecular weight is 398 g/mol. The highest BCUT2D eigenvalue weighted by Crippen LogP contribution is 2.16. The van der Waals surface area contributed by atoms with E-state index in [0.717, 1.165) is 45.0 Å². The molecular formula is C20H32ClN3O3. The van der Waals surface area contributed by atoms with Gasteiger partial charge in [-0.25, -0.2) is 0 Å². The molecule has 1 aromatic rings. The Morgan fingerprint density at radius 2 is 1.96 bits per heavy atom. The summed E-state index contributed by atoms with van der Waals surface area (Å²) >= 11 is 5.85. The molecule has 1 heterocycles. The van der Waals surface area contributed by atoms with Crippen molar-refractivity contribution in [2.45, 2.75) is 25.8 Å². The van der Waals surface area contributed by atoms with Crippen LogP contribution in [0.4, 0.5) is 0 Å². The zero-order chi connectivity index (χ0) is 19.7. The molecule has 0 aromatic heterocycles. The van der Waals surface area contributed by atoms with E-state index in [0.29, 0.717) is 24.7 Å². The van der Waals surface area contributed by atoms with Crippen molar-refractivity contribution in [1.29, 1.82) is 0 Å². The van der Waals surface area contributed by atoms with Crippen molar-refractivity contribution in [3.8, 4) is 5.75 Å². The van der Waals surface area contributed by atoms with Crippen molar-refractivity contribution in [1.82, 2.24) is 15.1 Å². The van der Waals surface area contributed by atoms with Crippen molar-refractivity contribution >= 4 is 17.5 Å². The SMILES string of the molecule is CN(CCCOc1ccc(Cl)cc1)CC(=O)NCC(C)(C)N1CCOCC1. The molecule has 0 spiro atoms. The van der Waals surface area contributed by atoms with Gasteiger partial charge in [-0.3, -0.25) is 14.6 Å². The lowest BCUT2D eigenvalue weighted by molar-refractivity contribution is -0.122. The summed E-state index contributed by atoms with van der Waals surface area (Å²) in [6.07, 6.45) is 0.853. The molecule has 1 aliphatic rings. The number of morpholine rings is 1. The van der Waals surface area contributed by atoms with Gasteiger partial charge in [-0.1, -0.05) is 11.6 Å². The van der Waals surface area contributed by atoms with Crippen LogP contribution in [0, 0.1) is 0 Å². The highest BCUT2D eigenvalue weighted by atomic mass is 35.5. The summed E-state index contributed by atoms with van der Waals surface area (Å²) in [4.78, 5) is 16.6. The Balaban J connectivity index is 1.59. The van der Waals surface area contributed by atoms with Crippen LogP contribution in [0.15, 0.2) is 24.3 Å². The monoisotopic (exact) mass is 397 g/mol. The first-order valence-corrected chi connectivity index (χ1v) is 9.91. The topological polar surface area (TPSA) is 54.0 Å². The molecule has 2 rings (SSSR count). The molecule has 0 atom stereocenters. The molecule has 6 nitrogen and oxygen atoms in total. The van der Waals surface area contributed by atoms with Crippen LogP contribution < -0.4 is 10.1 Å². The lowest BCUT2D eigenvalue weighted by atomic mass is 10.0. The van der Waals surface area contributed by atoms with E-state index in [1.807, 2.05) is 36.2 Å². The van der Waals surface area contributed by atoms with Crippen LogP contribution in [-0.2, 0) is 9.53 Å². The van der Waals surface area contributed by atoms with E-state index >= 15 is 0 Å². The molecule has 0 radical (unpaired) electrons. The average Bonchev–Trinajstić information content (AvgIpc) is 2.66. The molecule has 7 heteroatoms. The van der Waals surface area contributed by atoms with Crippen molar-refractivity contribution in [3.63, 3.8) is 0 Å². The number of hydrogen-bond acceptors (Lipinski definition) is 5. The maximum Gasteiger partial charge on any atom is 0.234 e. The molecule has 1 amide bonds. The number of nitrogens with one attached hydrogen (secondary N) is 1. The standard InChI is InChI=1S/C20H32ClN3O3/c1-20(2,24-10-13-26-14-11-24)16-22-19(25)15-23(3)9-4-12-27-18-7-5-17(21)6-8-18/h5-8H,4,9-16H2,1-3H3,(H,22,25). The van der Waals surface area contributed by atoms with Gasteiger partial charge in [-0.2, -0.15) is 0 Å². The predicted octanol–water partition coefficient (Wildman–Crippen LogP) is 2.27. The number of halogens is 1. The zero-order valence-corrected chi connectivity index (χ0v) is 17.4. The Labute approximate surface area is 167 Å². The molecule has 0 saturated carbocycles. The number of benzene rings is 1. The van der Waals surface area contributed by atoms with Gasteiger partial charge in [0, 0.05) is 36.7 Å². The Morgan fingerprint density at radius 1 is 1.30 bits per heavy atom. The third kappa shape index (κ3) is 8.05. The van der Waals surface area contributed by atoms with E-state index in [-0.39, 0.29) is 11.4 Å². The fourth-order valence-electron chi connectivity index (χ4n) is 3.03. The summed E-state index contributed by atoms with van der Waals surface area (Å²) in [6.45, 7) is 10.1. The molecule has 1 saturated heterocycles. The number of nitrogens with zero attached hydrogens (tertiary/aromatic N) is 2. The van der Waals surface area contributed by atoms with Gasteiger partial charge < -0.3 is 14.8 Å². The summed E-state index contributed by atoms with van der Waals surface area (Å²) < 4.78 is 11.1. The van der Waals surface area contributed by atoms with E-state index in [4.69, 9.17) is 21.1 Å². The van der Waals surface area contributed by atoms with Crippen molar-refractivity contribution < 1.29 is 14.3 Å². The lowest BCUT2D eigenvalue weighted by Crippen LogP contribution is -2.56. The fourth-order valence-corrected chi connectivity index (χ4v) is 3.16. The highest BCUT2D eigenvalue weighted by Gasteiger charge is 2.28. The largest absolute Gasteiger partial charge is 0.494 e.